The number of nitrogens with zero attached hydrogens (tertiary/aromatic N) is 2. The van der Waals surface area contributed by atoms with E-state index in [1.165, 1.54) is 0 Å². The zero-order chi connectivity index (χ0) is 14.5. The third-order valence-electron chi connectivity index (χ3n) is 2.95. The SMILES string of the molecule is COCCn1cccc1C(=O)N(C)Cc1cc(Br)cs1. The van der Waals surface area contributed by atoms with Crippen LogP contribution in [-0.2, 0) is 17.8 Å². The molecule has 0 N–H and O–H groups in total. The van der Waals surface area contributed by atoms with E-state index in [0.717, 1.165) is 9.35 Å². The van der Waals surface area contributed by atoms with Crippen LogP contribution in [0.2, 0.25) is 0 Å². The first-order chi connectivity index (χ1) is 9.61. The molecule has 0 bridgehead atoms. The second-order valence-corrected chi connectivity index (χ2v) is 6.38. The number of methoxy groups -OCH3 is 1. The molecule has 2 aromatic heterocycles. The fourth-order valence-corrected chi connectivity index (χ4v) is 3.43. The molecule has 0 fully saturated rings. The van der Waals surface area contributed by atoms with Crippen molar-refractivity contribution in [3.05, 3.63) is 44.8 Å². The average molecular weight is 357 g/mol. The van der Waals surface area contributed by atoms with Gasteiger partial charge in [-0.1, -0.05) is 0 Å². The first kappa shape index (κ1) is 15.3. The topological polar surface area (TPSA) is 34.5 Å². The lowest BCUT2D eigenvalue weighted by atomic mass is 10.3. The van der Waals surface area contributed by atoms with Crippen molar-refractivity contribution in [2.75, 3.05) is 20.8 Å². The number of hydrogen-bond donors (Lipinski definition) is 0. The molecule has 4 nitrogen and oxygen atoms in total. The Kier molecular flexibility index (Phi) is 5.39. The normalized spacial score (nSPS) is 10.8. The van der Waals surface area contributed by atoms with Crippen molar-refractivity contribution in [3.8, 4) is 0 Å². The first-order valence-electron chi connectivity index (χ1n) is 6.24. The molecule has 0 saturated carbocycles. The molecule has 6 heteroatoms. The fourth-order valence-electron chi connectivity index (χ4n) is 1.93. The first-order valence-corrected chi connectivity index (χ1v) is 7.91. The number of thiophene rings is 1. The highest BCUT2D eigenvalue weighted by molar-refractivity contribution is 9.10. The highest BCUT2D eigenvalue weighted by Gasteiger charge is 2.16. The van der Waals surface area contributed by atoms with E-state index >= 15 is 0 Å². The molecular weight excluding hydrogens is 340 g/mol. The van der Waals surface area contributed by atoms with E-state index in [0.29, 0.717) is 25.4 Å². The van der Waals surface area contributed by atoms with Crippen molar-refractivity contribution in [1.29, 1.82) is 0 Å². The van der Waals surface area contributed by atoms with Gasteiger partial charge in [0.25, 0.3) is 5.91 Å². The Morgan fingerprint density at radius 3 is 3.00 bits per heavy atom. The van der Waals surface area contributed by atoms with Gasteiger partial charge in [0.1, 0.15) is 5.69 Å². The molecule has 2 aromatic rings. The number of amides is 1. The van der Waals surface area contributed by atoms with Gasteiger partial charge < -0.3 is 14.2 Å². The lowest BCUT2D eigenvalue weighted by Gasteiger charge is -2.17. The van der Waals surface area contributed by atoms with Crippen LogP contribution in [0.25, 0.3) is 0 Å². The molecule has 1 amide bonds. The number of carbonyl (C=O) groups is 1. The molecule has 0 saturated heterocycles. The van der Waals surface area contributed by atoms with Gasteiger partial charge in [0.2, 0.25) is 0 Å². The van der Waals surface area contributed by atoms with Crippen LogP contribution in [0.15, 0.2) is 34.2 Å². The van der Waals surface area contributed by atoms with Crippen LogP contribution in [0.3, 0.4) is 0 Å². The minimum absolute atomic E-state index is 0.0237. The van der Waals surface area contributed by atoms with Crippen molar-refractivity contribution in [2.45, 2.75) is 13.1 Å². The van der Waals surface area contributed by atoms with Gasteiger partial charge in [-0.2, -0.15) is 0 Å². The number of aromatic nitrogens is 1. The second-order valence-electron chi connectivity index (χ2n) is 4.47. The van der Waals surface area contributed by atoms with Gasteiger partial charge in [0.05, 0.1) is 13.2 Å². The van der Waals surface area contributed by atoms with Gasteiger partial charge in [-0.25, -0.2) is 0 Å². The van der Waals surface area contributed by atoms with Crippen LogP contribution in [-0.4, -0.2) is 36.1 Å². The van der Waals surface area contributed by atoms with E-state index in [9.17, 15) is 4.79 Å². The van der Waals surface area contributed by atoms with Crippen LogP contribution < -0.4 is 0 Å². The minimum atomic E-state index is 0.0237. The molecule has 0 unspecified atom stereocenters. The van der Waals surface area contributed by atoms with Crippen molar-refractivity contribution in [1.82, 2.24) is 9.47 Å². The largest absolute Gasteiger partial charge is 0.383 e. The van der Waals surface area contributed by atoms with Crippen molar-refractivity contribution in [3.63, 3.8) is 0 Å². The molecular formula is C14H17BrN2O2S. The summed E-state index contributed by atoms with van der Waals surface area (Å²) < 4.78 is 8.04. The van der Waals surface area contributed by atoms with Crippen LogP contribution >= 0.6 is 27.3 Å². The smallest absolute Gasteiger partial charge is 0.270 e. The molecule has 0 spiro atoms. The van der Waals surface area contributed by atoms with E-state index in [-0.39, 0.29) is 5.91 Å². The number of carbonyl (C=O) groups excluding carboxylic acids is 1. The predicted molar refractivity (Wildman–Crippen MR) is 84.1 cm³/mol. The summed E-state index contributed by atoms with van der Waals surface area (Å²) in [5.74, 6) is 0.0237. The quantitative estimate of drug-likeness (QED) is 0.796. The maximum Gasteiger partial charge on any atom is 0.270 e. The number of hydrogen-bond acceptors (Lipinski definition) is 3. The number of halogens is 1. The lowest BCUT2D eigenvalue weighted by Crippen LogP contribution is -2.28. The fraction of sp³-hybridized carbons (Fsp3) is 0.357. The van der Waals surface area contributed by atoms with E-state index in [1.54, 1.807) is 23.3 Å². The summed E-state index contributed by atoms with van der Waals surface area (Å²) in [5.41, 5.74) is 0.695. The minimum Gasteiger partial charge on any atom is -0.383 e. The third-order valence-corrected chi connectivity index (χ3v) is 4.63. The second kappa shape index (κ2) is 7.06. The Morgan fingerprint density at radius 1 is 1.55 bits per heavy atom. The highest BCUT2D eigenvalue weighted by atomic mass is 79.9. The molecule has 0 aliphatic rings. The van der Waals surface area contributed by atoms with Crippen molar-refractivity contribution in [2.24, 2.45) is 0 Å². The molecule has 0 aromatic carbocycles. The zero-order valence-corrected chi connectivity index (χ0v) is 13.9. The molecule has 0 aliphatic carbocycles. The summed E-state index contributed by atoms with van der Waals surface area (Å²) in [5, 5.41) is 2.02. The molecule has 0 radical (unpaired) electrons. The number of ether oxygens (including phenoxy) is 1. The van der Waals surface area contributed by atoms with E-state index < -0.39 is 0 Å². The monoisotopic (exact) mass is 356 g/mol. The Labute approximate surface area is 131 Å². The highest BCUT2D eigenvalue weighted by Crippen LogP contribution is 2.21. The van der Waals surface area contributed by atoms with E-state index in [2.05, 4.69) is 15.9 Å². The van der Waals surface area contributed by atoms with E-state index in [1.807, 2.05) is 41.4 Å². The predicted octanol–water partition coefficient (Wildman–Crippen LogP) is 3.23. The Morgan fingerprint density at radius 2 is 2.35 bits per heavy atom. The van der Waals surface area contributed by atoms with E-state index in [4.69, 9.17) is 4.74 Å². The van der Waals surface area contributed by atoms with Crippen molar-refractivity contribution < 1.29 is 9.53 Å². The standard InChI is InChI=1S/C14H17BrN2O2S/c1-16(9-12-8-11(15)10-20-12)14(18)13-4-3-5-17(13)6-7-19-2/h3-5,8,10H,6-7,9H2,1-2H3. The van der Waals surface area contributed by atoms with Gasteiger partial charge in [-0.05, 0) is 34.1 Å². The Bertz CT molecular complexity index is 579. The maximum atomic E-state index is 12.5. The van der Waals surface area contributed by atoms with Crippen LogP contribution in [0.5, 0.6) is 0 Å². The summed E-state index contributed by atoms with van der Waals surface area (Å²) >= 11 is 5.07. The van der Waals surface area contributed by atoms with Crippen LogP contribution in [0.4, 0.5) is 0 Å². The molecule has 2 rings (SSSR count). The maximum absolute atomic E-state index is 12.5. The number of rotatable bonds is 6. The molecule has 0 aliphatic heterocycles. The lowest BCUT2D eigenvalue weighted by molar-refractivity contribution is 0.0773. The third kappa shape index (κ3) is 3.71. The summed E-state index contributed by atoms with van der Waals surface area (Å²) in [7, 11) is 3.48. The molecule has 108 valence electrons. The van der Waals surface area contributed by atoms with Gasteiger partial charge in [-0.3, -0.25) is 4.79 Å². The zero-order valence-electron chi connectivity index (χ0n) is 11.5. The van der Waals surface area contributed by atoms with Gasteiger partial charge in [0.15, 0.2) is 0 Å². The summed E-state index contributed by atoms with van der Waals surface area (Å²) in [6, 6.07) is 5.77. The van der Waals surface area contributed by atoms with Gasteiger partial charge in [0, 0.05) is 41.6 Å². The Balaban J connectivity index is 2.04. The molecule has 2 heterocycles. The average Bonchev–Trinajstić information content (AvgIpc) is 3.04. The van der Waals surface area contributed by atoms with Crippen LogP contribution in [0, 0.1) is 0 Å². The molecule has 0 atom stereocenters. The Hall–Kier alpha value is -1.11. The van der Waals surface area contributed by atoms with Crippen molar-refractivity contribution >= 4 is 33.2 Å². The molecule has 20 heavy (non-hydrogen) atoms. The summed E-state index contributed by atoms with van der Waals surface area (Å²) in [6.45, 7) is 1.89. The summed E-state index contributed by atoms with van der Waals surface area (Å²) in [6.07, 6.45) is 1.90. The summed E-state index contributed by atoms with van der Waals surface area (Å²) in [4.78, 5) is 15.3. The van der Waals surface area contributed by atoms with Crippen LogP contribution in [0.1, 0.15) is 15.4 Å². The van der Waals surface area contributed by atoms with Gasteiger partial charge in [-0.15, -0.1) is 11.3 Å². The van der Waals surface area contributed by atoms with Gasteiger partial charge >= 0.3 is 0 Å².